The van der Waals surface area contributed by atoms with Gasteiger partial charge in [0.05, 0.1) is 11.6 Å². The topological polar surface area (TPSA) is 137 Å². The minimum Gasteiger partial charge on any atom is -0.444 e. The Morgan fingerprint density at radius 2 is 1.92 bits per heavy atom. The number of pyridine rings is 1. The van der Waals surface area contributed by atoms with Crippen LogP contribution in [0.2, 0.25) is 0 Å². The number of fused-ring (bicyclic) bond motifs is 3. The van der Waals surface area contributed by atoms with Gasteiger partial charge in [0.15, 0.2) is 0 Å². The second-order valence-electron chi connectivity index (χ2n) is 9.13. The number of aromatic amines is 1. The van der Waals surface area contributed by atoms with Crippen LogP contribution in [0.3, 0.4) is 0 Å². The Hall–Kier alpha value is -3.66. The van der Waals surface area contributed by atoms with E-state index in [4.69, 9.17) is 10.3 Å². The van der Waals surface area contributed by atoms with Crippen molar-refractivity contribution in [1.82, 2.24) is 10.3 Å². The highest BCUT2D eigenvalue weighted by Gasteiger charge is 2.22. The smallest absolute Gasteiger partial charge is 0.408 e. The highest BCUT2D eigenvalue weighted by Crippen LogP contribution is 2.40. The number of ether oxygens (including phenoxy) is 1. The molecule has 11 heteroatoms. The Labute approximate surface area is 218 Å². The first-order valence-corrected chi connectivity index (χ1v) is 12.6. The molecule has 0 aliphatic carbocycles. The van der Waals surface area contributed by atoms with Crippen molar-refractivity contribution in [2.45, 2.75) is 39.3 Å². The molecule has 2 aromatic heterocycles. The van der Waals surface area contributed by atoms with Crippen molar-refractivity contribution in [3.05, 3.63) is 78.2 Å². The van der Waals surface area contributed by atoms with Crippen LogP contribution < -0.4 is 10.9 Å². The average molecular weight is 568 g/mol. The summed E-state index contributed by atoms with van der Waals surface area (Å²) in [6.07, 6.45) is -0.524. The standard InChI is InChI=1S/C25H22BrN5O4S/c1-12(28-24(34)35-25(2,3)4)13-5-7-14(8-6-13)18-16(22(32)30-31-27)11-17(26)20-19(18)15-9-10-36-21(15)23(33)29-20/h5-12H,1-4H3,(H,28,34)(H,29,33). The van der Waals surface area contributed by atoms with Crippen LogP contribution >= 0.6 is 27.3 Å². The Kier molecular flexibility index (Phi) is 6.90. The summed E-state index contributed by atoms with van der Waals surface area (Å²) in [4.78, 5) is 43.2. The fourth-order valence-electron chi connectivity index (χ4n) is 3.96. The number of carbonyl (C=O) groups is 2. The van der Waals surface area contributed by atoms with Gasteiger partial charge in [-0.3, -0.25) is 9.59 Å². The van der Waals surface area contributed by atoms with Gasteiger partial charge in [-0.2, -0.15) is 0 Å². The molecule has 0 aliphatic rings. The molecule has 184 valence electrons. The number of nitrogens with one attached hydrogen (secondary N) is 2. The van der Waals surface area contributed by atoms with E-state index < -0.39 is 17.6 Å². The fraction of sp³-hybridized carbons (Fsp3) is 0.240. The lowest BCUT2D eigenvalue weighted by atomic mass is 9.92. The van der Waals surface area contributed by atoms with Crippen LogP contribution in [0, 0.1) is 0 Å². The molecular weight excluding hydrogens is 546 g/mol. The molecule has 0 aliphatic heterocycles. The molecule has 0 fully saturated rings. The van der Waals surface area contributed by atoms with E-state index in [2.05, 4.69) is 36.3 Å². The number of rotatable bonds is 4. The van der Waals surface area contributed by atoms with E-state index in [-0.39, 0.29) is 17.2 Å². The summed E-state index contributed by atoms with van der Waals surface area (Å²) in [6.45, 7) is 7.22. The predicted octanol–water partition coefficient (Wildman–Crippen LogP) is 7.21. The van der Waals surface area contributed by atoms with E-state index >= 15 is 0 Å². The SMILES string of the molecule is CC(NC(=O)OC(C)(C)C)c1ccc(-c2c(C(=O)N=[N+]=[N-])cc(Br)c3[nH]c(=O)c4sccc4c23)cc1. The lowest BCUT2D eigenvalue weighted by molar-refractivity contribution is 0.0507. The maximum Gasteiger partial charge on any atom is 0.408 e. The summed E-state index contributed by atoms with van der Waals surface area (Å²) < 4.78 is 6.35. The lowest BCUT2D eigenvalue weighted by Crippen LogP contribution is -2.34. The second kappa shape index (κ2) is 9.77. The Balaban J connectivity index is 1.87. The molecule has 1 unspecified atom stereocenters. The molecule has 4 aromatic rings. The van der Waals surface area contributed by atoms with Crippen LogP contribution in [0.4, 0.5) is 4.79 Å². The van der Waals surface area contributed by atoms with Crippen LogP contribution in [0.25, 0.3) is 42.6 Å². The van der Waals surface area contributed by atoms with Gasteiger partial charge >= 0.3 is 6.09 Å². The number of H-pyrrole nitrogens is 1. The minimum atomic E-state index is -0.742. The van der Waals surface area contributed by atoms with Gasteiger partial charge in [0, 0.05) is 31.3 Å². The maximum atomic E-state index is 12.8. The Morgan fingerprint density at radius 1 is 1.22 bits per heavy atom. The first kappa shape index (κ1) is 25.4. The third-order valence-corrected chi connectivity index (χ3v) is 7.00. The molecule has 9 nitrogen and oxygen atoms in total. The summed E-state index contributed by atoms with van der Waals surface area (Å²) in [6, 6.07) is 10.4. The number of azide groups is 1. The molecule has 0 saturated carbocycles. The molecule has 0 saturated heterocycles. The van der Waals surface area contributed by atoms with Gasteiger partial charge in [0.2, 0.25) is 5.91 Å². The van der Waals surface area contributed by atoms with Gasteiger partial charge in [-0.05, 0) is 82.9 Å². The number of hydrogen-bond acceptors (Lipinski definition) is 5. The molecule has 2 aromatic carbocycles. The van der Waals surface area contributed by atoms with Crippen molar-refractivity contribution < 1.29 is 14.3 Å². The number of hydrogen-bond donors (Lipinski definition) is 2. The van der Waals surface area contributed by atoms with Crippen LogP contribution in [-0.2, 0) is 4.74 Å². The number of aromatic nitrogens is 1. The van der Waals surface area contributed by atoms with Crippen molar-refractivity contribution in [3.63, 3.8) is 0 Å². The summed E-state index contributed by atoms with van der Waals surface area (Å²) in [5.41, 5.74) is 10.8. The minimum absolute atomic E-state index is 0.194. The largest absolute Gasteiger partial charge is 0.444 e. The maximum absolute atomic E-state index is 12.8. The van der Waals surface area contributed by atoms with Crippen LogP contribution in [-0.4, -0.2) is 22.6 Å². The number of benzene rings is 2. The predicted molar refractivity (Wildman–Crippen MR) is 144 cm³/mol. The molecular formula is C25H22BrN5O4S. The third kappa shape index (κ3) is 4.99. The van der Waals surface area contributed by atoms with Crippen molar-refractivity contribution in [3.8, 4) is 11.1 Å². The van der Waals surface area contributed by atoms with Gasteiger partial charge < -0.3 is 15.0 Å². The number of alkyl carbamates (subject to hydrolysis) is 1. The summed E-state index contributed by atoms with van der Waals surface area (Å²) in [5.74, 6) is -0.742. The normalized spacial score (nSPS) is 12.2. The van der Waals surface area contributed by atoms with Crippen molar-refractivity contribution >= 4 is 60.3 Å². The van der Waals surface area contributed by atoms with Gasteiger partial charge in [-0.15, -0.1) is 11.3 Å². The molecule has 4 rings (SSSR count). The zero-order valence-electron chi connectivity index (χ0n) is 19.9. The summed E-state index contributed by atoms with van der Waals surface area (Å²) in [7, 11) is 0. The van der Waals surface area contributed by atoms with Gasteiger partial charge in [-0.1, -0.05) is 24.3 Å². The number of amides is 2. The van der Waals surface area contributed by atoms with Gasteiger partial charge in [-0.25, -0.2) is 4.79 Å². The lowest BCUT2D eigenvalue weighted by Gasteiger charge is -2.22. The highest BCUT2D eigenvalue weighted by molar-refractivity contribution is 9.10. The highest BCUT2D eigenvalue weighted by atomic mass is 79.9. The van der Waals surface area contributed by atoms with Crippen molar-refractivity contribution in [2.24, 2.45) is 5.11 Å². The van der Waals surface area contributed by atoms with E-state index in [1.807, 2.05) is 42.6 Å². The first-order valence-electron chi connectivity index (χ1n) is 10.9. The van der Waals surface area contributed by atoms with E-state index in [1.54, 1.807) is 26.8 Å². The summed E-state index contributed by atoms with van der Waals surface area (Å²) >= 11 is 4.75. The Bertz CT molecular complexity index is 1610. The average Bonchev–Trinajstić information content (AvgIpc) is 3.29. The molecule has 0 radical (unpaired) electrons. The molecule has 2 N–H and O–H groups in total. The number of thiophene rings is 1. The van der Waals surface area contributed by atoms with Crippen molar-refractivity contribution in [2.75, 3.05) is 0 Å². The molecule has 2 heterocycles. The molecule has 0 bridgehead atoms. The molecule has 36 heavy (non-hydrogen) atoms. The first-order chi connectivity index (χ1) is 17.0. The number of nitrogens with zero attached hydrogens (tertiary/aromatic N) is 3. The van der Waals surface area contributed by atoms with Gasteiger partial charge in [0.1, 0.15) is 10.3 Å². The van der Waals surface area contributed by atoms with Crippen molar-refractivity contribution in [1.29, 1.82) is 0 Å². The van der Waals surface area contributed by atoms with E-state index in [0.29, 0.717) is 36.6 Å². The zero-order valence-corrected chi connectivity index (χ0v) is 22.3. The van der Waals surface area contributed by atoms with Gasteiger partial charge in [0.25, 0.3) is 5.56 Å². The molecule has 1 atom stereocenters. The number of carbonyl (C=O) groups excluding carboxylic acids is 2. The Morgan fingerprint density at radius 3 is 2.56 bits per heavy atom. The van der Waals surface area contributed by atoms with E-state index in [0.717, 1.165) is 5.56 Å². The quantitative estimate of drug-likeness (QED) is 0.153. The second-order valence-corrected chi connectivity index (χ2v) is 10.9. The number of halogens is 1. The molecule has 2 amide bonds. The molecule has 0 spiro atoms. The zero-order chi connectivity index (χ0) is 26.2. The monoisotopic (exact) mass is 567 g/mol. The van der Waals surface area contributed by atoms with E-state index in [1.165, 1.54) is 11.3 Å². The van der Waals surface area contributed by atoms with Crippen LogP contribution in [0.15, 0.2) is 56.2 Å². The third-order valence-electron chi connectivity index (χ3n) is 5.46. The van der Waals surface area contributed by atoms with Crippen LogP contribution in [0.1, 0.15) is 49.7 Å². The van der Waals surface area contributed by atoms with E-state index in [9.17, 15) is 14.4 Å². The van der Waals surface area contributed by atoms with Crippen LogP contribution in [0.5, 0.6) is 0 Å². The fourth-order valence-corrected chi connectivity index (χ4v) is 5.28. The summed E-state index contributed by atoms with van der Waals surface area (Å²) in [5, 5.41) is 9.28.